The maximum absolute atomic E-state index is 5.86. The molecule has 0 N–H and O–H groups in total. The predicted molar refractivity (Wildman–Crippen MR) is 74.6 cm³/mol. The molecule has 1 aliphatic heterocycles. The third-order valence-electron chi connectivity index (χ3n) is 3.47. The number of rotatable bonds is 4. The van der Waals surface area contributed by atoms with Gasteiger partial charge in [0.1, 0.15) is 0 Å². The average Bonchev–Trinajstić information content (AvgIpc) is 2.52. The minimum atomic E-state index is 0.617. The van der Waals surface area contributed by atoms with Gasteiger partial charge in [-0.3, -0.25) is 0 Å². The molecule has 0 bridgehead atoms. The molecule has 0 spiro atoms. The van der Waals surface area contributed by atoms with Crippen LogP contribution in [0.25, 0.3) is 0 Å². The minimum absolute atomic E-state index is 0.617. The molecule has 1 aromatic rings. The fraction of sp³-hybridized carbons (Fsp3) is 0.600. The highest BCUT2D eigenvalue weighted by molar-refractivity contribution is 5.13. The molecule has 100 valence electrons. The molecule has 0 amide bonds. The zero-order valence-corrected chi connectivity index (χ0v) is 11.5. The van der Waals surface area contributed by atoms with Gasteiger partial charge >= 0.3 is 0 Å². The standard InChI is InChI=1S/C15H24N2O/c1-16-8-9-17(2)11-15(10-16)13-18-12-14-6-4-3-5-7-14/h3-7,15H,8-13H2,1-2H3. The summed E-state index contributed by atoms with van der Waals surface area (Å²) in [5.41, 5.74) is 1.26. The van der Waals surface area contributed by atoms with Crippen molar-refractivity contribution >= 4 is 0 Å². The van der Waals surface area contributed by atoms with Crippen LogP contribution in [0.5, 0.6) is 0 Å². The lowest BCUT2D eigenvalue weighted by atomic mass is 10.1. The second-order valence-corrected chi connectivity index (χ2v) is 5.39. The van der Waals surface area contributed by atoms with Crippen molar-refractivity contribution < 1.29 is 4.74 Å². The first-order chi connectivity index (χ1) is 8.74. The summed E-state index contributed by atoms with van der Waals surface area (Å²) >= 11 is 0. The Bertz CT molecular complexity index is 330. The van der Waals surface area contributed by atoms with Crippen LogP contribution in [0.3, 0.4) is 0 Å². The number of nitrogens with zero attached hydrogens (tertiary/aromatic N) is 2. The maximum atomic E-state index is 5.86. The number of likely N-dealkylation sites (N-methyl/N-ethyl adjacent to an activating group) is 2. The third-order valence-corrected chi connectivity index (χ3v) is 3.47. The molecule has 0 atom stereocenters. The van der Waals surface area contributed by atoms with Gasteiger partial charge < -0.3 is 14.5 Å². The molecule has 18 heavy (non-hydrogen) atoms. The van der Waals surface area contributed by atoms with E-state index in [0.717, 1.165) is 39.4 Å². The topological polar surface area (TPSA) is 15.7 Å². The Balaban J connectivity index is 1.75. The molecule has 3 nitrogen and oxygen atoms in total. The van der Waals surface area contributed by atoms with E-state index in [1.807, 2.05) is 6.07 Å². The molecule has 0 aliphatic carbocycles. The van der Waals surface area contributed by atoms with E-state index in [9.17, 15) is 0 Å². The Morgan fingerprint density at radius 2 is 1.67 bits per heavy atom. The first kappa shape index (κ1) is 13.5. The van der Waals surface area contributed by atoms with Crippen LogP contribution in [-0.4, -0.2) is 56.7 Å². The van der Waals surface area contributed by atoms with Crippen molar-refractivity contribution in [2.75, 3.05) is 46.9 Å². The Morgan fingerprint density at radius 1 is 1.06 bits per heavy atom. The van der Waals surface area contributed by atoms with Crippen LogP contribution in [-0.2, 0) is 11.3 Å². The van der Waals surface area contributed by atoms with E-state index in [0.29, 0.717) is 5.92 Å². The molecular formula is C15H24N2O. The van der Waals surface area contributed by atoms with Gasteiger partial charge in [0.25, 0.3) is 0 Å². The average molecular weight is 248 g/mol. The number of hydrogen-bond donors (Lipinski definition) is 0. The van der Waals surface area contributed by atoms with Crippen molar-refractivity contribution in [2.24, 2.45) is 5.92 Å². The number of benzene rings is 1. The molecule has 0 saturated carbocycles. The van der Waals surface area contributed by atoms with Gasteiger partial charge in [-0.25, -0.2) is 0 Å². The number of ether oxygens (including phenoxy) is 1. The molecule has 0 aromatic heterocycles. The zero-order valence-electron chi connectivity index (χ0n) is 11.5. The summed E-state index contributed by atoms with van der Waals surface area (Å²) in [6.45, 7) is 6.17. The molecule has 1 saturated heterocycles. The van der Waals surface area contributed by atoms with E-state index in [1.165, 1.54) is 5.56 Å². The summed E-state index contributed by atoms with van der Waals surface area (Å²) in [4.78, 5) is 4.81. The summed E-state index contributed by atoms with van der Waals surface area (Å²) in [7, 11) is 4.40. The van der Waals surface area contributed by atoms with Crippen LogP contribution in [0, 0.1) is 5.92 Å². The van der Waals surface area contributed by atoms with Crippen LogP contribution in [0.2, 0.25) is 0 Å². The van der Waals surface area contributed by atoms with E-state index in [-0.39, 0.29) is 0 Å². The van der Waals surface area contributed by atoms with Crippen molar-refractivity contribution in [1.29, 1.82) is 0 Å². The lowest BCUT2D eigenvalue weighted by Crippen LogP contribution is -2.29. The smallest absolute Gasteiger partial charge is 0.0717 e. The lowest BCUT2D eigenvalue weighted by molar-refractivity contribution is 0.0728. The fourth-order valence-corrected chi connectivity index (χ4v) is 2.49. The first-order valence-corrected chi connectivity index (χ1v) is 6.73. The highest BCUT2D eigenvalue weighted by Gasteiger charge is 2.18. The van der Waals surface area contributed by atoms with Gasteiger partial charge in [-0.15, -0.1) is 0 Å². The molecule has 1 aliphatic rings. The first-order valence-electron chi connectivity index (χ1n) is 6.73. The Morgan fingerprint density at radius 3 is 2.28 bits per heavy atom. The van der Waals surface area contributed by atoms with Crippen LogP contribution < -0.4 is 0 Å². The van der Waals surface area contributed by atoms with E-state index in [2.05, 4.69) is 48.2 Å². The molecule has 1 aromatic carbocycles. The van der Waals surface area contributed by atoms with E-state index < -0.39 is 0 Å². The van der Waals surface area contributed by atoms with Gasteiger partial charge in [-0.05, 0) is 19.7 Å². The van der Waals surface area contributed by atoms with Gasteiger partial charge in [0, 0.05) is 32.1 Å². The van der Waals surface area contributed by atoms with Crippen LogP contribution in [0.15, 0.2) is 30.3 Å². The van der Waals surface area contributed by atoms with Gasteiger partial charge in [0.15, 0.2) is 0 Å². The normalized spacial score (nSPS) is 19.9. The monoisotopic (exact) mass is 248 g/mol. The highest BCUT2D eigenvalue weighted by Crippen LogP contribution is 2.09. The van der Waals surface area contributed by atoms with Gasteiger partial charge in [-0.2, -0.15) is 0 Å². The SMILES string of the molecule is CN1CCN(C)CC(COCc2ccccc2)C1. The Hall–Kier alpha value is -0.900. The largest absolute Gasteiger partial charge is 0.376 e. The van der Waals surface area contributed by atoms with Gasteiger partial charge in [0.2, 0.25) is 0 Å². The molecule has 1 heterocycles. The minimum Gasteiger partial charge on any atom is -0.376 e. The summed E-state index contributed by atoms with van der Waals surface area (Å²) in [5.74, 6) is 0.617. The molecule has 2 rings (SSSR count). The summed E-state index contributed by atoms with van der Waals surface area (Å²) < 4.78 is 5.86. The molecule has 0 unspecified atom stereocenters. The second kappa shape index (κ2) is 6.88. The fourth-order valence-electron chi connectivity index (χ4n) is 2.49. The second-order valence-electron chi connectivity index (χ2n) is 5.39. The van der Waals surface area contributed by atoms with E-state index in [4.69, 9.17) is 4.74 Å². The van der Waals surface area contributed by atoms with Gasteiger partial charge in [0.05, 0.1) is 13.2 Å². The molecule has 0 radical (unpaired) electrons. The quantitative estimate of drug-likeness (QED) is 0.806. The van der Waals surface area contributed by atoms with Crippen molar-refractivity contribution in [3.8, 4) is 0 Å². The Kier molecular flexibility index (Phi) is 5.17. The molecule has 3 heteroatoms. The van der Waals surface area contributed by atoms with Crippen molar-refractivity contribution in [3.05, 3.63) is 35.9 Å². The number of hydrogen-bond acceptors (Lipinski definition) is 3. The van der Waals surface area contributed by atoms with Crippen molar-refractivity contribution in [3.63, 3.8) is 0 Å². The van der Waals surface area contributed by atoms with Crippen molar-refractivity contribution in [2.45, 2.75) is 6.61 Å². The van der Waals surface area contributed by atoms with E-state index >= 15 is 0 Å². The van der Waals surface area contributed by atoms with Gasteiger partial charge in [-0.1, -0.05) is 30.3 Å². The summed E-state index contributed by atoms with van der Waals surface area (Å²) in [6.07, 6.45) is 0. The zero-order chi connectivity index (χ0) is 12.8. The van der Waals surface area contributed by atoms with Crippen LogP contribution >= 0.6 is 0 Å². The maximum Gasteiger partial charge on any atom is 0.0717 e. The predicted octanol–water partition coefficient (Wildman–Crippen LogP) is 1.70. The van der Waals surface area contributed by atoms with E-state index in [1.54, 1.807) is 0 Å². The van der Waals surface area contributed by atoms with Crippen molar-refractivity contribution in [1.82, 2.24) is 9.80 Å². The van der Waals surface area contributed by atoms with Crippen LogP contribution in [0.4, 0.5) is 0 Å². The molecular weight excluding hydrogens is 224 g/mol. The molecule has 1 fully saturated rings. The highest BCUT2D eigenvalue weighted by atomic mass is 16.5. The third kappa shape index (κ3) is 4.41. The van der Waals surface area contributed by atoms with Crippen LogP contribution in [0.1, 0.15) is 5.56 Å². The lowest BCUT2D eigenvalue weighted by Gasteiger charge is -2.20. The Labute approximate surface area is 110 Å². The summed E-state index contributed by atoms with van der Waals surface area (Å²) in [6, 6.07) is 10.4. The summed E-state index contributed by atoms with van der Waals surface area (Å²) in [5, 5.41) is 0.